The van der Waals surface area contributed by atoms with Gasteiger partial charge in [0.25, 0.3) is 0 Å². The molecule has 0 aliphatic heterocycles. The Morgan fingerprint density at radius 2 is 2.06 bits per heavy atom. The van der Waals surface area contributed by atoms with Gasteiger partial charge in [0.1, 0.15) is 0 Å². The number of hydrogen-bond acceptors (Lipinski definition) is 0. The van der Waals surface area contributed by atoms with Crippen molar-refractivity contribution in [3.63, 3.8) is 0 Å². The van der Waals surface area contributed by atoms with Gasteiger partial charge >= 0.3 is 0 Å². The maximum Gasteiger partial charge on any atom is 0.0457 e. The van der Waals surface area contributed by atoms with Crippen LogP contribution in [-0.4, -0.2) is 4.98 Å². The highest BCUT2D eigenvalue weighted by Crippen LogP contribution is 2.31. The summed E-state index contributed by atoms with van der Waals surface area (Å²) >= 11 is 0. The van der Waals surface area contributed by atoms with E-state index in [0.29, 0.717) is 0 Å². The molecule has 0 aliphatic rings. The highest BCUT2D eigenvalue weighted by atomic mass is 14.7. The van der Waals surface area contributed by atoms with Crippen LogP contribution >= 0.6 is 0 Å². The summed E-state index contributed by atoms with van der Waals surface area (Å²) in [5, 5.41) is 1.30. The van der Waals surface area contributed by atoms with Crippen molar-refractivity contribution in [2.24, 2.45) is 0 Å². The van der Waals surface area contributed by atoms with Crippen molar-refractivity contribution in [2.45, 2.75) is 39.0 Å². The van der Waals surface area contributed by atoms with Crippen molar-refractivity contribution in [1.82, 2.24) is 4.98 Å². The van der Waals surface area contributed by atoms with Gasteiger partial charge in [0.2, 0.25) is 0 Å². The van der Waals surface area contributed by atoms with Gasteiger partial charge in [-0.05, 0) is 30.2 Å². The lowest BCUT2D eigenvalue weighted by Gasteiger charge is -2.18. The molecule has 1 aromatic heterocycles. The average molecular weight is 239 g/mol. The van der Waals surface area contributed by atoms with E-state index in [1.54, 1.807) is 0 Å². The zero-order valence-electron chi connectivity index (χ0n) is 11.5. The zero-order chi connectivity index (χ0) is 13.0. The molecule has 1 N–H and O–H groups in total. The van der Waals surface area contributed by atoms with Crippen LogP contribution in [0, 0.1) is 0 Å². The number of nitrogens with one attached hydrogen (secondary N) is 1. The number of hydrogen-bond donors (Lipinski definition) is 1. The highest BCUT2D eigenvalue weighted by Gasteiger charge is 2.20. The third kappa shape index (κ3) is 2.57. The number of unbranched alkanes of at least 4 members (excludes halogenated alkanes) is 1. The Hall–Kier alpha value is -1.72. The number of aromatic nitrogens is 1. The Bertz CT molecular complexity index is 580. The molecular weight excluding hydrogens is 218 g/mol. The van der Waals surface area contributed by atoms with Crippen molar-refractivity contribution < 1.29 is 0 Å². The van der Waals surface area contributed by atoms with Gasteiger partial charge in [-0.3, -0.25) is 0 Å². The molecule has 0 fully saturated rings. The lowest BCUT2D eigenvalue weighted by molar-refractivity contribution is 0.677. The number of fused-ring (bicyclic) bond motifs is 1. The number of benzene rings is 1. The predicted molar refractivity (Wildman–Crippen MR) is 78.9 cm³/mol. The predicted octanol–water partition coefficient (Wildman–Crippen LogP) is 4.96. The van der Waals surface area contributed by atoms with Crippen molar-refractivity contribution in [3.8, 4) is 0 Å². The molecule has 0 saturated carbocycles. The van der Waals surface area contributed by atoms with Crippen molar-refractivity contribution in [2.75, 3.05) is 0 Å². The molecule has 0 atom stereocenters. The molecular formula is C17H21N. The third-order valence-corrected chi connectivity index (χ3v) is 3.28. The van der Waals surface area contributed by atoms with Gasteiger partial charge in [0, 0.05) is 22.5 Å². The second-order valence-electron chi connectivity index (χ2n) is 5.27. The molecule has 2 rings (SSSR count). The summed E-state index contributed by atoms with van der Waals surface area (Å²) in [7, 11) is 0. The quantitative estimate of drug-likeness (QED) is 0.726. The maximum absolute atomic E-state index is 3.34. The molecule has 0 spiro atoms. The van der Waals surface area contributed by atoms with E-state index >= 15 is 0 Å². The van der Waals surface area contributed by atoms with Crippen molar-refractivity contribution in [1.29, 1.82) is 0 Å². The molecule has 1 heteroatoms. The Balaban J connectivity index is 2.37. The van der Waals surface area contributed by atoms with E-state index in [2.05, 4.69) is 74.1 Å². The molecule has 0 amide bonds. The first-order valence-corrected chi connectivity index (χ1v) is 6.64. The summed E-state index contributed by atoms with van der Waals surface area (Å²) in [6.07, 6.45) is 8.67. The Morgan fingerprint density at radius 3 is 2.83 bits per heavy atom. The lowest BCUT2D eigenvalue weighted by atomic mass is 9.84. The molecule has 1 aromatic carbocycles. The van der Waals surface area contributed by atoms with E-state index < -0.39 is 0 Å². The van der Waals surface area contributed by atoms with Crippen LogP contribution in [0.15, 0.2) is 48.3 Å². The molecule has 94 valence electrons. The zero-order valence-corrected chi connectivity index (χ0v) is 11.5. The van der Waals surface area contributed by atoms with E-state index in [1.807, 2.05) is 0 Å². The molecule has 0 bridgehead atoms. The van der Waals surface area contributed by atoms with E-state index in [-0.39, 0.29) is 5.41 Å². The summed E-state index contributed by atoms with van der Waals surface area (Å²) in [6, 6.07) is 8.44. The van der Waals surface area contributed by atoms with E-state index in [9.17, 15) is 0 Å². The largest absolute Gasteiger partial charge is 0.361 e. The number of rotatable bonds is 4. The molecule has 2 aromatic rings. The third-order valence-electron chi connectivity index (χ3n) is 3.28. The van der Waals surface area contributed by atoms with Gasteiger partial charge in [0.15, 0.2) is 0 Å². The smallest absolute Gasteiger partial charge is 0.0457 e. The summed E-state index contributed by atoms with van der Waals surface area (Å²) < 4.78 is 0. The van der Waals surface area contributed by atoms with Crippen LogP contribution in [0.1, 0.15) is 39.2 Å². The van der Waals surface area contributed by atoms with Crippen LogP contribution in [0.25, 0.3) is 10.9 Å². The highest BCUT2D eigenvalue weighted by molar-refractivity contribution is 5.84. The molecule has 0 radical (unpaired) electrons. The van der Waals surface area contributed by atoms with Gasteiger partial charge in [0.05, 0.1) is 0 Å². The van der Waals surface area contributed by atoms with Crippen LogP contribution in [-0.2, 0) is 5.41 Å². The first-order chi connectivity index (χ1) is 8.65. The minimum atomic E-state index is 0.00381. The average Bonchev–Trinajstić information content (AvgIpc) is 2.79. The first-order valence-electron chi connectivity index (χ1n) is 6.64. The fourth-order valence-electron chi connectivity index (χ4n) is 2.18. The first kappa shape index (κ1) is 12.7. The van der Waals surface area contributed by atoms with Crippen LogP contribution in [0.4, 0.5) is 0 Å². The standard InChI is InChI=1S/C17H21N/c1-4-5-6-9-12-17(2,3)15-13-18-16-11-8-7-10-14(15)16/h6-8,10-13,18H,4-5H2,1-3H3. The second kappa shape index (κ2) is 5.29. The van der Waals surface area contributed by atoms with Gasteiger partial charge in [-0.15, -0.1) is 5.73 Å². The summed E-state index contributed by atoms with van der Waals surface area (Å²) in [5.74, 6) is 0. The second-order valence-corrected chi connectivity index (χ2v) is 5.27. The van der Waals surface area contributed by atoms with Crippen LogP contribution in [0.2, 0.25) is 0 Å². The normalized spacial score (nSPS) is 11.3. The molecule has 0 unspecified atom stereocenters. The van der Waals surface area contributed by atoms with Gasteiger partial charge in [-0.25, -0.2) is 0 Å². The SMILES string of the molecule is CCCC=C=CC(C)(C)c1c[nH]c2ccccc12. The van der Waals surface area contributed by atoms with Crippen LogP contribution < -0.4 is 0 Å². The Labute approximate surface area is 109 Å². The number of allylic oxidation sites excluding steroid dienone is 1. The monoisotopic (exact) mass is 239 g/mol. The molecule has 1 nitrogen and oxygen atoms in total. The summed E-state index contributed by atoms with van der Waals surface area (Å²) in [4.78, 5) is 3.34. The molecule has 0 saturated heterocycles. The van der Waals surface area contributed by atoms with Gasteiger partial charge < -0.3 is 4.98 Å². The molecule has 18 heavy (non-hydrogen) atoms. The molecule has 1 heterocycles. The minimum absolute atomic E-state index is 0.00381. The number of para-hydroxylation sites is 1. The number of H-pyrrole nitrogens is 1. The number of aromatic amines is 1. The van der Waals surface area contributed by atoms with E-state index in [1.165, 1.54) is 22.9 Å². The van der Waals surface area contributed by atoms with E-state index in [4.69, 9.17) is 0 Å². The van der Waals surface area contributed by atoms with Crippen LogP contribution in [0.5, 0.6) is 0 Å². The van der Waals surface area contributed by atoms with E-state index in [0.717, 1.165) is 6.42 Å². The summed E-state index contributed by atoms with van der Waals surface area (Å²) in [6.45, 7) is 6.65. The molecule has 0 aliphatic carbocycles. The Kier molecular flexibility index (Phi) is 3.74. The fourth-order valence-corrected chi connectivity index (χ4v) is 2.18. The van der Waals surface area contributed by atoms with Gasteiger partial charge in [-0.2, -0.15) is 0 Å². The Morgan fingerprint density at radius 1 is 1.28 bits per heavy atom. The van der Waals surface area contributed by atoms with Crippen molar-refractivity contribution >= 4 is 10.9 Å². The lowest BCUT2D eigenvalue weighted by Crippen LogP contribution is -2.12. The maximum atomic E-state index is 3.34. The topological polar surface area (TPSA) is 15.8 Å². The fraction of sp³-hybridized carbons (Fsp3) is 0.353. The van der Waals surface area contributed by atoms with Crippen molar-refractivity contribution in [3.05, 3.63) is 53.9 Å². The van der Waals surface area contributed by atoms with Crippen LogP contribution in [0.3, 0.4) is 0 Å². The summed E-state index contributed by atoms with van der Waals surface area (Å²) in [5.41, 5.74) is 5.85. The van der Waals surface area contributed by atoms with Gasteiger partial charge in [-0.1, -0.05) is 45.4 Å². The minimum Gasteiger partial charge on any atom is -0.361 e.